The monoisotopic (exact) mass is 399 g/mol. The lowest BCUT2D eigenvalue weighted by Crippen LogP contribution is -2.25. The van der Waals surface area contributed by atoms with Crippen LogP contribution in [0.1, 0.15) is 27.7 Å². The molecule has 4 rings (SSSR count). The summed E-state index contributed by atoms with van der Waals surface area (Å²) < 4.78 is 11.8. The van der Waals surface area contributed by atoms with Crippen LogP contribution < -0.4 is 10.2 Å². The minimum atomic E-state index is -0.503. The van der Waals surface area contributed by atoms with Crippen LogP contribution in [0.5, 0.6) is 5.75 Å². The summed E-state index contributed by atoms with van der Waals surface area (Å²) in [6.45, 7) is 0. The van der Waals surface area contributed by atoms with E-state index in [-0.39, 0.29) is 17.1 Å². The van der Waals surface area contributed by atoms with E-state index in [1.807, 2.05) is 24.3 Å². The molecule has 5 nitrogen and oxygen atoms in total. The van der Waals surface area contributed by atoms with Crippen LogP contribution in [-0.2, 0) is 0 Å². The summed E-state index contributed by atoms with van der Waals surface area (Å²) in [7, 11) is 3.25. The van der Waals surface area contributed by atoms with E-state index in [1.54, 1.807) is 32.4 Å². The number of amides is 1. The first-order chi connectivity index (χ1) is 12.0. The topological polar surface area (TPSA) is 59.8 Å². The van der Waals surface area contributed by atoms with Gasteiger partial charge in [-0.1, -0.05) is 28.1 Å². The number of fused-ring (bicyclic) bond motifs is 2. The first-order valence-electron chi connectivity index (χ1n) is 7.68. The van der Waals surface area contributed by atoms with E-state index in [0.29, 0.717) is 22.3 Å². The maximum atomic E-state index is 13.1. The van der Waals surface area contributed by atoms with Gasteiger partial charge in [0.1, 0.15) is 11.3 Å². The zero-order chi connectivity index (χ0) is 17.7. The molecule has 1 amide bonds. The fourth-order valence-corrected chi connectivity index (χ4v) is 3.62. The third-order valence-corrected chi connectivity index (χ3v) is 4.97. The SMILES string of the molecule is COc1cccc([C@H]2c3c(oc4ccc(Br)cc4c3=O)C(=O)N2C)c1. The second-order valence-corrected chi connectivity index (χ2v) is 6.83. The van der Waals surface area contributed by atoms with Crippen LogP contribution in [-0.4, -0.2) is 25.0 Å². The molecule has 2 aromatic carbocycles. The Kier molecular flexibility index (Phi) is 3.65. The van der Waals surface area contributed by atoms with Gasteiger partial charge in [-0.15, -0.1) is 0 Å². The molecule has 0 saturated carbocycles. The van der Waals surface area contributed by atoms with Crippen molar-refractivity contribution in [2.24, 2.45) is 0 Å². The van der Waals surface area contributed by atoms with E-state index >= 15 is 0 Å². The maximum Gasteiger partial charge on any atom is 0.290 e. The average molecular weight is 400 g/mol. The highest BCUT2D eigenvalue weighted by Crippen LogP contribution is 2.38. The molecule has 0 bridgehead atoms. The van der Waals surface area contributed by atoms with E-state index in [1.165, 1.54) is 4.90 Å². The first-order valence-corrected chi connectivity index (χ1v) is 8.48. The van der Waals surface area contributed by atoms with Crippen molar-refractivity contribution in [3.63, 3.8) is 0 Å². The van der Waals surface area contributed by atoms with Crippen LogP contribution >= 0.6 is 15.9 Å². The van der Waals surface area contributed by atoms with Gasteiger partial charge in [0.25, 0.3) is 5.91 Å². The summed E-state index contributed by atoms with van der Waals surface area (Å²) in [6, 6.07) is 12.0. The maximum absolute atomic E-state index is 13.1. The molecule has 0 unspecified atom stereocenters. The first kappa shape index (κ1) is 15.9. The van der Waals surface area contributed by atoms with E-state index in [0.717, 1.165) is 10.0 Å². The highest BCUT2D eigenvalue weighted by Gasteiger charge is 2.40. The van der Waals surface area contributed by atoms with Gasteiger partial charge >= 0.3 is 0 Å². The lowest BCUT2D eigenvalue weighted by molar-refractivity contribution is 0.0771. The summed E-state index contributed by atoms with van der Waals surface area (Å²) in [5, 5.41) is 0.448. The molecule has 0 spiro atoms. The molecule has 0 saturated heterocycles. The molecule has 126 valence electrons. The second kappa shape index (κ2) is 5.74. The Labute approximate surface area is 151 Å². The Bertz CT molecular complexity index is 1070. The van der Waals surface area contributed by atoms with Crippen LogP contribution in [0.2, 0.25) is 0 Å². The Balaban J connectivity index is 2.01. The van der Waals surface area contributed by atoms with Gasteiger partial charge in [-0.25, -0.2) is 0 Å². The molecule has 1 aliphatic heterocycles. The molecule has 1 aliphatic rings. The van der Waals surface area contributed by atoms with Gasteiger partial charge in [0.2, 0.25) is 5.76 Å². The number of rotatable bonds is 2. The van der Waals surface area contributed by atoms with Crippen LogP contribution in [0, 0.1) is 0 Å². The van der Waals surface area contributed by atoms with Crippen molar-refractivity contribution in [1.82, 2.24) is 4.90 Å². The van der Waals surface area contributed by atoms with E-state index in [4.69, 9.17) is 9.15 Å². The zero-order valence-electron chi connectivity index (χ0n) is 13.6. The van der Waals surface area contributed by atoms with Gasteiger partial charge in [0.05, 0.1) is 24.1 Å². The number of hydrogen-bond acceptors (Lipinski definition) is 4. The molecule has 1 atom stereocenters. The van der Waals surface area contributed by atoms with Crippen molar-refractivity contribution in [3.8, 4) is 5.75 Å². The molecule has 25 heavy (non-hydrogen) atoms. The highest BCUT2D eigenvalue weighted by atomic mass is 79.9. The van der Waals surface area contributed by atoms with Gasteiger partial charge in [0, 0.05) is 11.5 Å². The third kappa shape index (κ3) is 2.36. The Morgan fingerprint density at radius 3 is 2.72 bits per heavy atom. The smallest absolute Gasteiger partial charge is 0.290 e. The largest absolute Gasteiger partial charge is 0.497 e. The fraction of sp³-hybridized carbons (Fsp3) is 0.158. The lowest BCUT2D eigenvalue weighted by Gasteiger charge is -2.20. The number of carbonyl (C=O) groups is 1. The van der Waals surface area contributed by atoms with Crippen molar-refractivity contribution in [2.45, 2.75) is 6.04 Å². The number of hydrogen-bond donors (Lipinski definition) is 0. The highest BCUT2D eigenvalue weighted by molar-refractivity contribution is 9.10. The number of nitrogens with zero attached hydrogens (tertiary/aromatic N) is 1. The van der Waals surface area contributed by atoms with Crippen LogP contribution in [0.4, 0.5) is 0 Å². The molecule has 6 heteroatoms. The molecular weight excluding hydrogens is 386 g/mol. The summed E-state index contributed by atoms with van der Waals surface area (Å²) in [5.41, 5.74) is 1.38. The molecule has 0 fully saturated rings. The molecule has 0 N–H and O–H groups in total. The second-order valence-electron chi connectivity index (χ2n) is 5.91. The standard InChI is InChI=1S/C19H14BrNO4/c1-21-16(10-4-3-5-12(8-10)24-2)15-17(22)13-9-11(20)6-7-14(13)25-18(15)19(21)23/h3-9,16H,1-2H3/t16-/m0/s1. The van der Waals surface area contributed by atoms with Gasteiger partial charge in [-0.05, 0) is 35.9 Å². The molecule has 0 aliphatic carbocycles. The molecule has 0 radical (unpaired) electrons. The van der Waals surface area contributed by atoms with Gasteiger partial charge in [0.15, 0.2) is 5.43 Å². The minimum absolute atomic E-state index is 0.107. The van der Waals surface area contributed by atoms with Crippen molar-refractivity contribution < 1.29 is 13.9 Å². The van der Waals surface area contributed by atoms with Crippen molar-refractivity contribution in [3.05, 3.63) is 74.0 Å². The Morgan fingerprint density at radius 1 is 1.16 bits per heavy atom. The van der Waals surface area contributed by atoms with Crippen molar-refractivity contribution in [1.29, 1.82) is 0 Å². The van der Waals surface area contributed by atoms with E-state index in [2.05, 4.69) is 15.9 Å². The number of halogens is 1. The number of methoxy groups -OCH3 is 1. The predicted molar refractivity (Wildman–Crippen MR) is 97.1 cm³/mol. The van der Waals surface area contributed by atoms with Crippen molar-refractivity contribution >= 4 is 32.8 Å². The number of benzene rings is 2. The third-order valence-electron chi connectivity index (χ3n) is 4.47. The molecule has 1 aromatic heterocycles. The quantitative estimate of drug-likeness (QED) is 0.658. The predicted octanol–water partition coefficient (Wildman–Crippen LogP) is 3.74. The summed E-state index contributed by atoms with van der Waals surface area (Å²) in [4.78, 5) is 27.3. The summed E-state index contributed by atoms with van der Waals surface area (Å²) in [5.74, 6) is 0.472. The van der Waals surface area contributed by atoms with Crippen molar-refractivity contribution in [2.75, 3.05) is 14.2 Å². The molecular formula is C19H14BrNO4. The van der Waals surface area contributed by atoms with Crippen LogP contribution in [0.15, 0.2) is 56.1 Å². The van der Waals surface area contributed by atoms with Gasteiger partial charge < -0.3 is 14.1 Å². The Morgan fingerprint density at radius 2 is 1.96 bits per heavy atom. The van der Waals surface area contributed by atoms with Gasteiger partial charge in [-0.3, -0.25) is 9.59 Å². The molecule has 2 heterocycles. The molecule has 3 aromatic rings. The average Bonchev–Trinajstić information content (AvgIpc) is 2.87. The fourth-order valence-electron chi connectivity index (χ4n) is 3.26. The lowest BCUT2D eigenvalue weighted by atomic mass is 9.98. The van der Waals surface area contributed by atoms with Crippen LogP contribution in [0.3, 0.4) is 0 Å². The summed E-state index contributed by atoms with van der Waals surface area (Å²) in [6.07, 6.45) is 0. The van der Waals surface area contributed by atoms with Gasteiger partial charge in [-0.2, -0.15) is 0 Å². The zero-order valence-corrected chi connectivity index (χ0v) is 15.2. The minimum Gasteiger partial charge on any atom is -0.497 e. The normalized spacial score (nSPS) is 16.4. The van der Waals surface area contributed by atoms with E-state index < -0.39 is 6.04 Å². The summed E-state index contributed by atoms with van der Waals surface area (Å²) >= 11 is 3.38. The number of carbonyl (C=O) groups excluding carboxylic acids is 1. The van der Waals surface area contributed by atoms with E-state index in [9.17, 15) is 9.59 Å². The van der Waals surface area contributed by atoms with Crippen LogP contribution in [0.25, 0.3) is 11.0 Å². The Hall–Kier alpha value is -2.60. The number of ether oxygens (including phenoxy) is 1.